The Kier molecular flexibility index (Phi) is 4.55. The molecule has 0 aliphatic heterocycles. The SMILES string of the molecule is CC(=O)NCC(O)C(O)c1scnc1C(=O)O. The van der Waals surface area contributed by atoms with E-state index in [2.05, 4.69) is 10.3 Å². The number of hydrogen-bond donors (Lipinski definition) is 4. The van der Waals surface area contributed by atoms with Crippen LogP contribution in [0.2, 0.25) is 0 Å². The molecule has 0 saturated carbocycles. The standard InChI is InChI=1S/C9H12N2O5S/c1-4(12)10-2-5(13)7(14)8-6(9(15)16)11-3-17-8/h3,5,7,13-14H,2H2,1H3,(H,10,12)(H,15,16). The number of aliphatic hydroxyl groups is 2. The topological polar surface area (TPSA) is 120 Å². The molecule has 1 rings (SSSR count). The van der Waals surface area contributed by atoms with E-state index in [0.717, 1.165) is 11.3 Å². The molecule has 2 atom stereocenters. The summed E-state index contributed by atoms with van der Waals surface area (Å²) in [7, 11) is 0. The van der Waals surface area contributed by atoms with Crippen molar-refractivity contribution < 1.29 is 24.9 Å². The van der Waals surface area contributed by atoms with Gasteiger partial charge in [0.2, 0.25) is 5.91 Å². The van der Waals surface area contributed by atoms with Crippen molar-refractivity contribution in [3.8, 4) is 0 Å². The summed E-state index contributed by atoms with van der Waals surface area (Å²) >= 11 is 0.934. The van der Waals surface area contributed by atoms with E-state index < -0.39 is 18.2 Å². The number of carbonyl (C=O) groups is 2. The second kappa shape index (κ2) is 5.71. The van der Waals surface area contributed by atoms with Crippen molar-refractivity contribution in [2.75, 3.05) is 6.54 Å². The van der Waals surface area contributed by atoms with Crippen LogP contribution in [0.3, 0.4) is 0 Å². The van der Waals surface area contributed by atoms with Crippen molar-refractivity contribution >= 4 is 23.2 Å². The Morgan fingerprint density at radius 3 is 2.71 bits per heavy atom. The number of carboxylic acid groups (broad SMARTS) is 1. The number of carbonyl (C=O) groups excluding carboxylic acids is 1. The van der Waals surface area contributed by atoms with Crippen molar-refractivity contribution in [2.24, 2.45) is 0 Å². The number of amides is 1. The van der Waals surface area contributed by atoms with Gasteiger partial charge >= 0.3 is 5.97 Å². The molecular formula is C9H12N2O5S. The van der Waals surface area contributed by atoms with Gasteiger partial charge in [-0.15, -0.1) is 11.3 Å². The third kappa shape index (κ3) is 3.48. The van der Waals surface area contributed by atoms with Crippen LogP contribution < -0.4 is 5.32 Å². The lowest BCUT2D eigenvalue weighted by Crippen LogP contribution is -2.34. The molecule has 0 aliphatic carbocycles. The zero-order valence-corrected chi connectivity index (χ0v) is 9.77. The molecular weight excluding hydrogens is 248 g/mol. The first-order valence-corrected chi connectivity index (χ1v) is 5.58. The van der Waals surface area contributed by atoms with Crippen LogP contribution >= 0.6 is 11.3 Å². The Hall–Kier alpha value is -1.51. The van der Waals surface area contributed by atoms with Gasteiger partial charge in [-0.05, 0) is 0 Å². The third-order valence-electron chi connectivity index (χ3n) is 1.99. The first-order chi connectivity index (χ1) is 7.93. The lowest BCUT2D eigenvalue weighted by molar-refractivity contribution is -0.119. The summed E-state index contributed by atoms with van der Waals surface area (Å²) in [5.41, 5.74) is 0.983. The molecule has 0 aromatic carbocycles. The Labute approximate surface area is 101 Å². The Morgan fingerprint density at radius 2 is 2.18 bits per heavy atom. The van der Waals surface area contributed by atoms with Crippen LogP contribution in [0.15, 0.2) is 5.51 Å². The molecule has 1 heterocycles. The number of nitrogens with zero attached hydrogens (tertiary/aromatic N) is 1. The smallest absolute Gasteiger partial charge is 0.355 e. The summed E-state index contributed by atoms with van der Waals surface area (Å²) < 4.78 is 0. The molecule has 17 heavy (non-hydrogen) atoms. The third-order valence-corrected chi connectivity index (χ3v) is 2.89. The molecule has 0 radical (unpaired) electrons. The molecule has 0 spiro atoms. The maximum Gasteiger partial charge on any atom is 0.355 e. The number of nitrogens with one attached hydrogen (secondary N) is 1. The molecule has 0 bridgehead atoms. The number of rotatable bonds is 5. The van der Waals surface area contributed by atoms with E-state index in [9.17, 15) is 19.8 Å². The monoisotopic (exact) mass is 260 g/mol. The number of hydrogen-bond acceptors (Lipinski definition) is 6. The maximum absolute atomic E-state index is 10.8. The van der Waals surface area contributed by atoms with E-state index in [1.165, 1.54) is 12.4 Å². The van der Waals surface area contributed by atoms with Crippen LogP contribution in [-0.4, -0.2) is 44.8 Å². The zero-order valence-electron chi connectivity index (χ0n) is 8.95. The Bertz CT molecular complexity index is 419. The van der Waals surface area contributed by atoms with E-state index in [-0.39, 0.29) is 23.0 Å². The van der Waals surface area contributed by atoms with E-state index in [4.69, 9.17) is 5.11 Å². The number of aliphatic hydroxyl groups excluding tert-OH is 2. The highest BCUT2D eigenvalue weighted by atomic mass is 32.1. The molecule has 0 aliphatic rings. The first kappa shape index (κ1) is 13.6. The fourth-order valence-corrected chi connectivity index (χ4v) is 1.98. The molecule has 0 fully saturated rings. The average Bonchev–Trinajstić information content (AvgIpc) is 2.73. The van der Waals surface area contributed by atoms with Gasteiger partial charge in [-0.25, -0.2) is 9.78 Å². The highest BCUT2D eigenvalue weighted by molar-refractivity contribution is 7.10. The second-order valence-electron chi connectivity index (χ2n) is 3.32. The van der Waals surface area contributed by atoms with E-state index in [0.29, 0.717) is 0 Å². The van der Waals surface area contributed by atoms with Crippen LogP contribution in [0.5, 0.6) is 0 Å². The van der Waals surface area contributed by atoms with Gasteiger partial charge in [0.25, 0.3) is 0 Å². The van der Waals surface area contributed by atoms with Crippen LogP contribution in [0.25, 0.3) is 0 Å². The van der Waals surface area contributed by atoms with Gasteiger partial charge in [-0.1, -0.05) is 0 Å². The second-order valence-corrected chi connectivity index (χ2v) is 4.21. The summed E-state index contributed by atoms with van der Waals surface area (Å²) in [5.74, 6) is -1.62. The Morgan fingerprint density at radius 1 is 1.53 bits per heavy atom. The Balaban J connectivity index is 2.74. The molecule has 2 unspecified atom stereocenters. The van der Waals surface area contributed by atoms with Crippen LogP contribution in [0.1, 0.15) is 28.4 Å². The summed E-state index contributed by atoms with van der Waals surface area (Å²) in [6.45, 7) is 1.11. The van der Waals surface area contributed by atoms with Crippen molar-refractivity contribution in [3.05, 3.63) is 16.1 Å². The highest BCUT2D eigenvalue weighted by Gasteiger charge is 2.26. The molecule has 7 nitrogen and oxygen atoms in total. The molecule has 1 aromatic rings. The van der Waals surface area contributed by atoms with Crippen molar-refractivity contribution in [3.63, 3.8) is 0 Å². The van der Waals surface area contributed by atoms with Gasteiger partial charge in [-0.2, -0.15) is 0 Å². The molecule has 1 amide bonds. The van der Waals surface area contributed by atoms with Gasteiger partial charge < -0.3 is 20.6 Å². The molecule has 4 N–H and O–H groups in total. The minimum Gasteiger partial charge on any atom is -0.476 e. The summed E-state index contributed by atoms with van der Waals surface area (Å²) in [6, 6.07) is 0. The van der Waals surface area contributed by atoms with E-state index in [1.807, 2.05) is 0 Å². The van der Waals surface area contributed by atoms with Crippen molar-refractivity contribution in [2.45, 2.75) is 19.1 Å². The van der Waals surface area contributed by atoms with E-state index in [1.54, 1.807) is 0 Å². The fourth-order valence-electron chi connectivity index (χ4n) is 1.16. The van der Waals surface area contributed by atoms with Crippen molar-refractivity contribution in [1.82, 2.24) is 10.3 Å². The number of aromatic nitrogens is 1. The predicted octanol–water partition coefficient (Wildman–Crippen LogP) is -0.628. The molecule has 0 saturated heterocycles. The summed E-state index contributed by atoms with van der Waals surface area (Å²) in [5, 5.41) is 30.4. The first-order valence-electron chi connectivity index (χ1n) is 4.70. The summed E-state index contributed by atoms with van der Waals surface area (Å²) in [6.07, 6.45) is -2.67. The van der Waals surface area contributed by atoms with Crippen molar-refractivity contribution in [1.29, 1.82) is 0 Å². The van der Waals surface area contributed by atoms with Gasteiger partial charge in [0.1, 0.15) is 12.2 Å². The van der Waals surface area contributed by atoms with Crippen LogP contribution in [0.4, 0.5) is 0 Å². The minimum atomic E-state index is -1.39. The van der Waals surface area contributed by atoms with Gasteiger partial charge in [0, 0.05) is 13.5 Å². The lowest BCUT2D eigenvalue weighted by Gasteiger charge is -2.16. The molecule has 8 heteroatoms. The minimum absolute atomic E-state index is 0.0651. The number of thiazole rings is 1. The van der Waals surface area contributed by atoms with Crippen LogP contribution in [0, 0.1) is 0 Å². The fraction of sp³-hybridized carbons (Fsp3) is 0.444. The number of aromatic carboxylic acids is 1. The largest absolute Gasteiger partial charge is 0.476 e. The quantitative estimate of drug-likeness (QED) is 0.559. The summed E-state index contributed by atoms with van der Waals surface area (Å²) in [4.78, 5) is 25.0. The van der Waals surface area contributed by atoms with E-state index >= 15 is 0 Å². The molecule has 94 valence electrons. The predicted molar refractivity (Wildman–Crippen MR) is 58.7 cm³/mol. The number of carboxylic acids is 1. The lowest BCUT2D eigenvalue weighted by atomic mass is 10.1. The average molecular weight is 260 g/mol. The van der Waals surface area contributed by atoms with Gasteiger partial charge in [0.05, 0.1) is 10.4 Å². The zero-order chi connectivity index (χ0) is 13.0. The molecule has 1 aromatic heterocycles. The highest BCUT2D eigenvalue weighted by Crippen LogP contribution is 2.24. The van der Waals surface area contributed by atoms with Crippen LogP contribution in [-0.2, 0) is 4.79 Å². The normalized spacial score (nSPS) is 14.1. The maximum atomic E-state index is 10.8. The van der Waals surface area contributed by atoms with Gasteiger partial charge in [-0.3, -0.25) is 4.79 Å². The van der Waals surface area contributed by atoms with Gasteiger partial charge in [0.15, 0.2) is 5.69 Å².